The van der Waals surface area contributed by atoms with Crippen molar-refractivity contribution < 1.29 is 0 Å². The van der Waals surface area contributed by atoms with Crippen molar-refractivity contribution in [2.24, 2.45) is 0 Å². The zero-order chi connectivity index (χ0) is 45.8. The largest absolute Gasteiger partial charge is 0.310 e. The highest BCUT2D eigenvalue weighted by molar-refractivity contribution is 6.07. The fraction of sp³-hybridized carbons (Fsp3) is 0.0588. The van der Waals surface area contributed by atoms with Gasteiger partial charge < -0.3 is 4.90 Å². The van der Waals surface area contributed by atoms with Gasteiger partial charge in [-0.05, 0) is 148 Å². The van der Waals surface area contributed by atoms with Gasteiger partial charge in [-0.2, -0.15) is 0 Å². The van der Waals surface area contributed by atoms with E-state index >= 15 is 0 Å². The van der Waals surface area contributed by atoms with Gasteiger partial charge >= 0.3 is 0 Å². The quantitative estimate of drug-likeness (QED) is 0.161. The van der Waals surface area contributed by atoms with Crippen LogP contribution in [0.25, 0.3) is 77.5 Å². The van der Waals surface area contributed by atoms with E-state index in [1.165, 1.54) is 111 Å². The van der Waals surface area contributed by atoms with Gasteiger partial charge in [-0.1, -0.05) is 220 Å². The summed E-state index contributed by atoms with van der Waals surface area (Å²) in [5.41, 5.74) is 26.1. The van der Waals surface area contributed by atoms with Crippen LogP contribution in [0.2, 0.25) is 0 Å². The molecule has 0 saturated carbocycles. The molecule has 0 aromatic heterocycles. The molecule has 3 aliphatic carbocycles. The second kappa shape index (κ2) is 15.0. The molecule has 1 heteroatoms. The van der Waals surface area contributed by atoms with Crippen LogP contribution >= 0.6 is 0 Å². The van der Waals surface area contributed by atoms with Crippen LogP contribution in [-0.4, -0.2) is 0 Å². The van der Waals surface area contributed by atoms with Crippen molar-refractivity contribution in [3.8, 4) is 66.8 Å². The van der Waals surface area contributed by atoms with Crippen LogP contribution in [0.5, 0.6) is 0 Å². The summed E-state index contributed by atoms with van der Waals surface area (Å²) in [5, 5.41) is 2.43. The zero-order valence-corrected chi connectivity index (χ0v) is 38.6. The molecule has 11 aromatic rings. The predicted octanol–water partition coefficient (Wildman–Crippen LogP) is 18.0. The molecule has 1 nitrogen and oxygen atoms in total. The predicted molar refractivity (Wildman–Crippen MR) is 289 cm³/mol. The minimum Gasteiger partial charge on any atom is -0.310 e. The number of hydrogen-bond donors (Lipinski definition) is 0. The Morgan fingerprint density at radius 3 is 1.59 bits per heavy atom. The molecule has 69 heavy (non-hydrogen) atoms. The van der Waals surface area contributed by atoms with Crippen LogP contribution in [0, 0.1) is 0 Å². The summed E-state index contributed by atoms with van der Waals surface area (Å²) < 4.78 is 0. The summed E-state index contributed by atoms with van der Waals surface area (Å²) in [6.07, 6.45) is 0. The maximum absolute atomic E-state index is 2.54. The van der Waals surface area contributed by atoms with Crippen molar-refractivity contribution in [1.82, 2.24) is 0 Å². The highest BCUT2D eigenvalue weighted by atomic mass is 15.1. The van der Waals surface area contributed by atoms with Gasteiger partial charge in [0.15, 0.2) is 0 Å². The molecule has 1 spiro atoms. The molecule has 0 radical (unpaired) electrons. The highest BCUT2D eigenvalue weighted by Gasteiger charge is 2.52. The fourth-order valence-corrected chi connectivity index (χ4v) is 12.6. The third-order valence-electron chi connectivity index (χ3n) is 15.7. The number of rotatable bonds is 6. The van der Waals surface area contributed by atoms with Crippen molar-refractivity contribution in [1.29, 1.82) is 0 Å². The van der Waals surface area contributed by atoms with E-state index in [0.717, 1.165) is 17.1 Å². The molecule has 0 amide bonds. The summed E-state index contributed by atoms with van der Waals surface area (Å²) in [6, 6.07) is 93.1. The topological polar surface area (TPSA) is 3.24 Å². The molecular weight excluding hydrogens is 831 g/mol. The zero-order valence-electron chi connectivity index (χ0n) is 38.6. The van der Waals surface area contributed by atoms with E-state index in [1.54, 1.807) is 0 Å². The van der Waals surface area contributed by atoms with Crippen LogP contribution in [-0.2, 0) is 10.8 Å². The summed E-state index contributed by atoms with van der Waals surface area (Å²) >= 11 is 0. The molecule has 0 aliphatic heterocycles. The second-order valence-corrected chi connectivity index (χ2v) is 19.5. The Balaban J connectivity index is 0.984. The first-order chi connectivity index (χ1) is 34.0. The van der Waals surface area contributed by atoms with Gasteiger partial charge in [-0.25, -0.2) is 0 Å². The van der Waals surface area contributed by atoms with Crippen LogP contribution < -0.4 is 4.90 Å². The van der Waals surface area contributed by atoms with Gasteiger partial charge in [0.25, 0.3) is 0 Å². The minimum atomic E-state index is -0.539. The SMILES string of the molecule is CC1(C)c2ccccc2-c2ccc(N(c3ccccc3)c3cccc4c(-c5ccc6c(c5)C5(c7ccccc7-6)c6cc(-c7ccccc7)ccc6-c6c(-c7ccccc7)cccc65)cccc34)cc21. The smallest absolute Gasteiger partial charge is 0.0726 e. The molecule has 0 N–H and O–H groups in total. The minimum absolute atomic E-state index is 0.118. The summed E-state index contributed by atoms with van der Waals surface area (Å²) in [4.78, 5) is 2.46. The number of para-hydroxylation sites is 1. The summed E-state index contributed by atoms with van der Waals surface area (Å²) in [7, 11) is 0. The average Bonchev–Trinajstić information content (AvgIpc) is 3.97. The van der Waals surface area contributed by atoms with E-state index < -0.39 is 5.41 Å². The Morgan fingerprint density at radius 2 is 0.797 bits per heavy atom. The highest BCUT2D eigenvalue weighted by Crippen LogP contribution is 2.65. The molecular formula is C68H47N. The van der Waals surface area contributed by atoms with Gasteiger partial charge in [0.05, 0.1) is 11.1 Å². The Kier molecular flexibility index (Phi) is 8.61. The van der Waals surface area contributed by atoms with Crippen LogP contribution in [0.4, 0.5) is 17.1 Å². The second-order valence-electron chi connectivity index (χ2n) is 19.5. The Hall–Kier alpha value is -8.52. The Morgan fingerprint density at radius 1 is 0.275 bits per heavy atom. The van der Waals surface area contributed by atoms with Gasteiger partial charge in [0, 0.05) is 22.2 Å². The first-order valence-electron chi connectivity index (χ1n) is 24.3. The summed E-state index contributed by atoms with van der Waals surface area (Å²) in [6.45, 7) is 4.73. The van der Waals surface area contributed by atoms with E-state index in [-0.39, 0.29) is 5.41 Å². The first-order valence-corrected chi connectivity index (χ1v) is 24.3. The number of fused-ring (bicyclic) bond motifs is 14. The van der Waals surface area contributed by atoms with Crippen molar-refractivity contribution in [2.75, 3.05) is 4.90 Å². The molecule has 0 bridgehead atoms. The normalized spacial score (nSPS) is 15.3. The van der Waals surface area contributed by atoms with Crippen LogP contribution in [0.3, 0.4) is 0 Å². The third-order valence-corrected chi connectivity index (χ3v) is 15.7. The number of hydrogen-bond acceptors (Lipinski definition) is 1. The molecule has 0 heterocycles. The molecule has 3 aliphatic rings. The molecule has 324 valence electrons. The number of nitrogens with zero attached hydrogens (tertiary/aromatic N) is 1. The Labute approximate surface area is 404 Å². The van der Waals surface area contributed by atoms with Crippen molar-refractivity contribution in [3.63, 3.8) is 0 Å². The fourth-order valence-electron chi connectivity index (χ4n) is 12.6. The molecule has 11 aromatic carbocycles. The average molecular weight is 878 g/mol. The lowest BCUT2D eigenvalue weighted by atomic mass is 9.69. The standard InChI is InChI=1S/C68H47N/c1-67(2)59-31-14-12-25-53(59)55-40-37-49(43-62(55)67)69(48-23-10-5-11-24-48)65-34-18-29-52-50(27-16-30-57(52)65)47-36-38-56-54-26-13-15-32-60(54)68(63(56)42-47)61-33-17-28-51(45-21-8-4-9-22-45)66(61)58-39-35-46(41-64(58)68)44-19-6-3-7-20-44/h3-43H,1-2H3. The lowest BCUT2D eigenvalue weighted by Gasteiger charge is -2.31. The van der Waals surface area contributed by atoms with E-state index in [4.69, 9.17) is 0 Å². The van der Waals surface area contributed by atoms with E-state index in [2.05, 4.69) is 267 Å². The number of benzene rings is 11. The van der Waals surface area contributed by atoms with Gasteiger partial charge in [-0.15, -0.1) is 0 Å². The Bertz CT molecular complexity index is 3860. The first kappa shape index (κ1) is 39.6. The molecule has 1 atom stereocenters. The molecule has 14 rings (SSSR count). The third kappa shape index (κ3) is 5.65. The van der Waals surface area contributed by atoms with E-state index in [1.807, 2.05) is 0 Å². The summed E-state index contributed by atoms with van der Waals surface area (Å²) in [5.74, 6) is 0. The van der Waals surface area contributed by atoms with Gasteiger partial charge in [0.2, 0.25) is 0 Å². The number of anilines is 3. The van der Waals surface area contributed by atoms with Crippen LogP contribution in [0.15, 0.2) is 249 Å². The van der Waals surface area contributed by atoms with E-state index in [9.17, 15) is 0 Å². The van der Waals surface area contributed by atoms with Crippen molar-refractivity contribution >= 4 is 27.8 Å². The van der Waals surface area contributed by atoms with Gasteiger partial charge in [0.1, 0.15) is 0 Å². The van der Waals surface area contributed by atoms with Crippen molar-refractivity contribution in [3.05, 3.63) is 282 Å². The molecule has 0 fully saturated rings. The monoisotopic (exact) mass is 877 g/mol. The van der Waals surface area contributed by atoms with Gasteiger partial charge in [-0.3, -0.25) is 0 Å². The van der Waals surface area contributed by atoms with Crippen LogP contribution in [0.1, 0.15) is 47.2 Å². The van der Waals surface area contributed by atoms with Crippen molar-refractivity contribution in [2.45, 2.75) is 24.7 Å². The lowest BCUT2D eigenvalue weighted by Crippen LogP contribution is -2.26. The maximum atomic E-state index is 2.54. The maximum Gasteiger partial charge on any atom is 0.0726 e. The molecule has 1 unspecified atom stereocenters. The lowest BCUT2D eigenvalue weighted by molar-refractivity contribution is 0.660. The molecule has 0 saturated heterocycles. The van der Waals surface area contributed by atoms with E-state index in [0.29, 0.717) is 0 Å².